The Morgan fingerprint density at radius 1 is 1.10 bits per heavy atom. The number of nitrogens with zero attached hydrogens (tertiary/aromatic N) is 1. The largest absolute Gasteiger partial charge is 0.507 e. The average Bonchev–Trinajstić information content (AvgIpc) is 2.92. The Hall–Kier alpha value is -4.09. The number of fused-ring (bicyclic) bond motifs is 6. The highest BCUT2D eigenvalue weighted by Gasteiger charge is 2.32. The van der Waals surface area contributed by atoms with Gasteiger partial charge in [-0.25, -0.2) is 13.1 Å². The van der Waals surface area contributed by atoms with Crippen molar-refractivity contribution < 1.29 is 32.6 Å². The summed E-state index contributed by atoms with van der Waals surface area (Å²) in [6.45, 7) is 1.16. The van der Waals surface area contributed by atoms with Crippen LogP contribution in [0.15, 0.2) is 60.7 Å². The number of aromatic hydroxyl groups is 1. The second kappa shape index (κ2) is 11.6. The van der Waals surface area contributed by atoms with Crippen molar-refractivity contribution in [1.29, 1.82) is 0 Å². The van der Waals surface area contributed by atoms with Crippen molar-refractivity contribution in [1.82, 2.24) is 14.9 Å². The zero-order chi connectivity index (χ0) is 28.3. The van der Waals surface area contributed by atoms with Gasteiger partial charge in [-0.15, -0.1) is 0 Å². The van der Waals surface area contributed by atoms with Crippen molar-refractivity contribution >= 4 is 21.8 Å². The molecule has 0 spiro atoms. The number of carbonyl (C=O) groups excluding carboxylic acids is 2. The number of carbonyl (C=O) groups is 2. The molecule has 11 heteroatoms. The maximum absolute atomic E-state index is 13.4. The Bertz CT molecular complexity index is 1540. The minimum Gasteiger partial charge on any atom is -0.507 e. The molecule has 1 unspecified atom stereocenters. The van der Waals surface area contributed by atoms with Gasteiger partial charge in [0, 0.05) is 26.1 Å². The second-order valence-corrected chi connectivity index (χ2v) is 11.7. The lowest BCUT2D eigenvalue weighted by Crippen LogP contribution is -2.41. The molecule has 0 saturated heterocycles. The molecular weight excluding hydrogens is 534 g/mol. The highest BCUT2D eigenvalue weighted by atomic mass is 32.2. The molecule has 10 nitrogen and oxygen atoms in total. The van der Waals surface area contributed by atoms with Crippen LogP contribution < -0.4 is 19.5 Å². The number of amides is 2. The van der Waals surface area contributed by atoms with Crippen LogP contribution in [0, 0.1) is 0 Å². The van der Waals surface area contributed by atoms with E-state index in [0.717, 1.165) is 22.9 Å². The van der Waals surface area contributed by atoms with Crippen molar-refractivity contribution in [3.63, 3.8) is 0 Å². The summed E-state index contributed by atoms with van der Waals surface area (Å²) in [5, 5.41) is 13.0. The number of ether oxygens (including phenoxy) is 2. The molecule has 0 radical (unpaired) electrons. The number of benzene rings is 3. The highest BCUT2D eigenvalue weighted by molar-refractivity contribution is 7.88. The summed E-state index contributed by atoms with van der Waals surface area (Å²) in [6.07, 6.45) is 2.22. The topological polar surface area (TPSA) is 134 Å². The summed E-state index contributed by atoms with van der Waals surface area (Å²) in [6, 6.07) is 17.3. The van der Waals surface area contributed by atoms with Gasteiger partial charge in [0.1, 0.15) is 23.0 Å². The fourth-order valence-electron chi connectivity index (χ4n) is 5.01. The van der Waals surface area contributed by atoms with Crippen molar-refractivity contribution in [2.45, 2.75) is 25.3 Å². The fourth-order valence-corrected chi connectivity index (χ4v) is 5.49. The van der Waals surface area contributed by atoms with Gasteiger partial charge in [0.05, 0.1) is 24.5 Å². The second-order valence-electron chi connectivity index (χ2n) is 9.83. The summed E-state index contributed by atoms with van der Waals surface area (Å²) in [7, 11) is -3.40. The molecule has 210 valence electrons. The van der Waals surface area contributed by atoms with Crippen LogP contribution in [0.5, 0.6) is 23.0 Å². The normalized spacial score (nSPS) is 17.2. The molecule has 3 aromatic carbocycles. The van der Waals surface area contributed by atoms with E-state index in [2.05, 4.69) is 10.0 Å². The zero-order valence-electron chi connectivity index (χ0n) is 22.1. The zero-order valence-corrected chi connectivity index (χ0v) is 22.9. The molecule has 0 fully saturated rings. The van der Waals surface area contributed by atoms with Crippen molar-refractivity contribution in [2.24, 2.45) is 0 Å². The average molecular weight is 566 g/mol. The Labute approximate surface area is 233 Å². The first-order chi connectivity index (χ1) is 19.2. The third-order valence-electron chi connectivity index (χ3n) is 6.86. The summed E-state index contributed by atoms with van der Waals surface area (Å²) in [5.74, 6) is 0.891. The van der Waals surface area contributed by atoms with Gasteiger partial charge < -0.3 is 24.8 Å². The van der Waals surface area contributed by atoms with Crippen LogP contribution in [0.1, 0.15) is 45.9 Å². The van der Waals surface area contributed by atoms with Gasteiger partial charge in [-0.05, 0) is 72.0 Å². The minimum atomic E-state index is -3.40. The predicted octanol–water partition coefficient (Wildman–Crippen LogP) is 3.11. The van der Waals surface area contributed by atoms with E-state index in [1.54, 1.807) is 17.0 Å². The van der Waals surface area contributed by atoms with Crippen LogP contribution >= 0.6 is 0 Å². The van der Waals surface area contributed by atoms with Crippen LogP contribution in [0.4, 0.5) is 0 Å². The Morgan fingerprint density at radius 2 is 1.90 bits per heavy atom. The maximum Gasteiger partial charge on any atom is 0.255 e. The minimum absolute atomic E-state index is 0.0226. The summed E-state index contributed by atoms with van der Waals surface area (Å²) in [4.78, 5) is 27.8. The highest BCUT2D eigenvalue weighted by Crippen LogP contribution is 2.39. The van der Waals surface area contributed by atoms with E-state index in [-0.39, 0.29) is 30.2 Å². The smallest absolute Gasteiger partial charge is 0.255 e. The standard InChI is InChI=1S/C29H31N3O7S/c1-40(36,37)31-13-10-27(34)32-14-11-19-16-22-6-8-24(19)28(32)20-4-2-5-21(17-20)38-15-3-12-30-29(35)25-18-23(39-22)7-9-26(25)33/h2,4-9,16-18,28,31,33H,3,10-15H2,1H3,(H,30,35). The SMILES string of the molecule is CS(=O)(=O)NCCC(=O)N1CCc2cc3ccc2C1c1cccc(c1)OCCCNC(=O)c1cc(ccc1O)O3. The molecule has 6 rings (SSSR count). The molecule has 40 heavy (non-hydrogen) atoms. The van der Waals surface area contributed by atoms with Crippen molar-refractivity contribution in [3.05, 3.63) is 82.9 Å². The Balaban J connectivity index is 1.52. The lowest BCUT2D eigenvalue weighted by molar-refractivity contribution is -0.133. The number of nitrogens with one attached hydrogen (secondary N) is 2. The van der Waals surface area contributed by atoms with E-state index in [9.17, 15) is 23.1 Å². The van der Waals surface area contributed by atoms with Gasteiger partial charge in [-0.1, -0.05) is 18.2 Å². The van der Waals surface area contributed by atoms with E-state index in [1.165, 1.54) is 12.1 Å². The van der Waals surface area contributed by atoms with E-state index in [4.69, 9.17) is 9.47 Å². The lowest BCUT2D eigenvalue weighted by atomic mass is 9.87. The molecule has 3 aromatic rings. The quantitative estimate of drug-likeness (QED) is 0.443. The van der Waals surface area contributed by atoms with Crippen molar-refractivity contribution in [2.75, 3.05) is 32.5 Å². The van der Waals surface area contributed by atoms with Crippen molar-refractivity contribution in [3.8, 4) is 23.0 Å². The Morgan fingerprint density at radius 3 is 2.73 bits per heavy atom. The third-order valence-corrected chi connectivity index (χ3v) is 7.59. The van der Waals surface area contributed by atoms with E-state index in [1.807, 2.05) is 36.4 Å². The summed E-state index contributed by atoms with van der Waals surface area (Å²) < 4.78 is 37.4. The molecule has 0 saturated carbocycles. The molecule has 3 N–H and O–H groups in total. The van der Waals surface area contributed by atoms with Crippen LogP contribution in [0.2, 0.25) is 0 Å². The van der Waals surface area contributed by atoms with Crippen LogP contribution in [-0.2, 0) is 21.2 Å². The van der Waals surface area contributed by atoms with Gasteiger partial charge in [0.25, 0.3) is 5.91 Å². The van der Waals surface area contributed by atoms with Gasteiger partial charge in [0.15, 0.2) is 0 Å². The van der Waals surface area contributed by atoms with Crippen LogP contribution in [0.25, 0.3) is 0 Å². The van der Waals surface area contributed by atoms with Crippen LogP contribution in [0.3, 0.4) is 0 Å². The molecular formula is C29H31N3O7S. The van der Waals surface area contributed by atoms with Gasteiger partial charge in [-0.3, -0.25) is 9.59 Å². The fraction of sp³-hybridized carbons (Fsp3) is 0.310. The monoisotopic (exact) mass is 565 g/mol. The Kier molecular flexibility index (Phi) is 7.95. The van der Waals surface area contributed by atoms with E-state index in [0.29, 0.717) is 49.8 Å². The molecule has 0 aliphatic carbocycles. The molecule has 8 bridgehead atoms. The maximum atomic E-state index is 13.4. The lowest BCUT2D eigenvalue weighted by Gasteiger charge is -2.38. The van der Waals surface area contributed by atoms with Gasteiger partial charge in [0.2, 0.25) is 15.9 Å². The first-order valence-corrected chi connectivity index (χ1v) is 15.0. The number of sulfonamides is 1. The molecule has 2 amide bonds. The molecule has 3 aliphatic rings. The number of hydrogen-bond acceptors (Lipinski definition) is 7. The summed E-state index contributed by atoms with van der Waals surface area (Å²) in [5.41, 5.74) is 2.93. The third kappa shape index (κ3) is 6.37. The number of phenolic OH excluding ortho intramolecular Hbond substituents is 1. The van der Waals surface area contributed by atoms with E-state index < -0.39 is 22.0 Å². The summed E-state index contributed by atoms with van der Waals surface area (Å²) >= 11 is 0. The van der Waals surface area contributed by atoms with E-state index >= 15 is 0 Å². The number of rotatable bonds is 4. The molecule has 0 aromatic heterocycles. The van der Waals surface area contributed by atoms with Gasteiger partial charge >= 0.3 is 0 Å². The van der Waals surface area contributed by atoms with Gasteiger partial charge in [-0.2, -0.15) is 0 Å². The first-order valence-electron chi connectivity index (χ1n) is 13.1. The van der Waals surface area contributed by atoms with Crippen LogP contribution in [-0.4, -0.2) is 62.7 Å². The first kappa shape index (κ1) is 27.5. The molecule has 1 atom stereocenters. The molecule has 3 aliphatic heterocycles. The molecule has 3 heterocycles. The number of phenols is 1. The number of hydrogen-bond donors (Lipinski definition) is 3. The predicted molar refractivity (Wildman–Crippen MR) is 148 cm³/mol.